The second-order valence-electron chi connectivity index (χ2n) is 2.91. The second kappa shape index (κ2) is 20.4. The van der Waals surface area contributed by atoms with Crippen LogP contribution in [0.2, 0.25) is 0 Å². The minimum Gasteiger partial charge on any atom is -0.359 e. The van der Waals surface area contributed by atoms with Crippen LogP contribution in [0.1, 0.15) is 60.3 Å². The molecule has 2 N–H and O–H groups in total. The molecule has 0 saturated carbocycles. The first-order valence-corrected chi connectivity index (χ1v) is 6.68. The maximum atomic E-state index is 11.0. The highest BCUT2D eigenvalue weighted by atomic mass is 16.2. The standard InChI is InChI=1S/C9H18N2O2.2C2H6/c1-3-4-5-6-11-9(13)7-8(12)10-2;2*1-2/h3-7H2,1-2H3,(H,10,12)(H,11,13);2*1-2H3. The molecular formula is C13H30N2O2. The fourth-order valence-electron chi connectivity index (χ4n) is 0.900. The van der Waals surface area contributed by atoms with Gasteiger partial charge in [-0.25, -0.2) is 0 Å². The monoisotopic (exact) mass is 246 g/mol. The van der Waals surface area contributed by atoms with Crippen molar-refractivity contribution in [1.82, 2.24) is 10.6 Å². The molecule has 0 spiro atoms. The van der Waals surface area contributed by atoms with Gasteiger partial charge in [0.2, 0.25) is 11.8 Å². The Labute approximate surface area is 107 Å². The summed E-state index contributed by atoms with van der Waals surface area (Å²) in [5.74, 6) is -0.441. The van der Waals surface area contributed by atoms with E-state index in [0.717, 1.165) is 19.3 Å². The Bertz CT molecular complexity index is 171. The van der Waals surface area contributed by atoms with E-state index in [1.54, 1.807) is 0 Å². The lowest BCUT2D eigenvalue weighted by Gasteiger charge is -2.03. The number of rotatable bonds is 6. The number of carbonyl (C=O) groups excluding carboxylic acids is 2. The third-order valence-electron chi connectivity index (χ3n) is 1.70. The highest BCUT2D eigenvalue weighted by Crippen LogP contribution is 1.91. The van der Waals surface area contributed by atoms with Crippen LogP contribution in [0.25, 0.3) is 0 Å². The molecule has 0 rings (SSSR count). The van der Waals surface area contributed by atoms with Gasteiger partial charge in [-0.1, -0.05) is 47.5 Å². The van der Waals surface area contributed by atoms with Gasteiger partial charge in [-0.3, -0.25) is 9.59 Å². The van der Waals surface area contributed by atoms with E-state index in [9.17, 15) is 9.59 Å². The first-order chi connectivity index (χ1) is 8.20. The van der Waals surface area contributed by atoms with Crippen LogP contribution >= 0.6 is 0 Å². The van der Waals surface area contributed by atoms with E-state index in [1.165, 1.54) is 7.05 Å². The summed E-state index contributed by atoms with van der Waals surface area (Å²) in [7, 11) is 1.52. The Morgan fingerprint density at radius 1 is 0.941 bits per heavy atom. The van der Waals surface area contributed by atoms with Gasteiger partial charge in [0.1, 0.15) is 6.42 Å². The van der Waals surface area contributed by atoms with Gasteiger partial charge >= 0.3 is 0 Å². The largest absolute Gasteiger partial charge is 0.359 e. The van der Waals surface area contributed by atoms with E-state index < -0.39 is 0 Å². The van der Waals surface area contributed by atoms with Crippen molar-refractivity contribution in [2.45, 2.75) is 60.3 Å². The van der Waals surface area contributed by atoms with Crippen LogP contribution in [0.3, 0.4) is 0 Å². The molecule has 104 valence electrons. The highest BCUT2D eigenvalue weighted by molar-refractivity contribution is 5.96. The molecule has 2 amide bonds. The van der Waals surface area contributed by atoms with E-state index in [2.05, 4.69) is 17.6 Å². The summed E-state index contributed by atoms with van der Waals surface area (Å²) in [5.41, 5.74) is 0. The summed E-state index contributed by atoms with van der Waals surface area (Å²) in [5, 5.41) is 5.08. The quantitative estimate of drug-likeness (QED) is 0.559. The minimum atomic E-state index is -0.243. The molecule has 0 atom stereocenters. The van der Waals surface area contributed by atoms with Crippen LogP contribution in [0, 0.1) is 0 Å². The Morgan fingerprint density at radius 2 is 1.47 bits per heavy atom. The normalized spacial score (nSPS) is 7.88. The van der Waals surface area contributed by atoms with Crippen LogP contribution in [-0.2, 0) is 9.59 Å². The summed E-state index contributed by atoms with van der Waals surface area (Å²) in [6.07, 6.45) is 3.16. The number of hydrogen-bond donors (Lipinski definition) is 2. The van der Waals surface area contributed by atoms with Crippen molar-refractivity contribution < 1.29 is 9.59 Å². The van der Waals surface area contributed by atoms with Gasteiger partial charge in [-0.15, -0.1) is 0 Å². The lowest BCUT2D eigenvalue weighted by atomic mass is 10.2. The predicted octanol–water partition coefficient (Wildman–Crippen LogP) is 2.48. The van der Waals surface area contributed by atoms with Gasteiger partial charge in [-0.2, -0.15) is 0 Å². The van der Waals surface area contributed by atoms with Crippen molar-refractivity contribution in [3.63, 3.8) is 0 Å². The third kappa shape index (κ3) is 20.9. The molecule has 0 aliphatic heterocycles. The maximum absolute atomic E-state index is 11.0. The average Bonchev–Trinajstić information content (AvgIpc) is 2.39. The topological polar surface area (TPSA) is 58.2 Å². The fourth-order valence-corrected chi connectivity index (χ4v) is 0.900. The lowest BCUT2D eigenvalue weighted by Crippen LogP contribution is -2.30. The molecule has 0 aliphatic carbocycles. The molecule has 0 aromatic rings. The Kier molecular flexibility index (Phi) is 25.5. The molecule has 17 heavy (non-hydrogen) atoms. The second-order valence-corrected chi connectivity index (χ2v) is 2.91. The zero-order chi connectivity index (χ0) is 14.1. The zero-order valence-corrected chi connectivity index (χ0v) is 12.4. The molecule has 4 heteroatoms. The van der Waals surface area contributed by atoms with Crippen molar-refractivity contribution in [3.8, 4) is 0 Å². The highest BCUT2D eigenvalue weighted by Gasteiger charge is 2.05. The van der Waals surface area contributed by atoms with Gasteiger partial charge in [0.25, 0.3) is 0 Å². The molecule has 4 nitrogen and oxygen atoms in total. The summed E-state index contributed by atoms with van der Waals surface area (Å²) >= 11 is 0. The number of carbonyl (C=O) groups is 2. The van der Waals surface area contributed by atoms with Gasteiger partial charge < -0.3 is 10.6 Å². The average molecular weight is 246 g/mol. The summed E-state index contributed by atoms with van der Waals surface area (Å²) in [6, 6.07) is 0. The van der Waals surface area contributed by atoms with Gasteiger partial charge in [0, 0.05) is 13.6 Å². The Balaban J connectivity index is -0.000000439. The molecular weight excluding hydrogens is 216 g/mol. The van der Waals surface area contributed by atoms with E-state index in [4.69, 9.17) is 0 Å². The zero-order valence-electron chi connectivity index (χ0n) is 12.4. The van der Waals surface area contributed by atoms with E-state index in [-0.39, 0.29) is 18.2 Å². The molecule has 0 radical (unpaired) electrons. The van der Waals surface area contributed by atoms with Crippen molar-refractivity contribution in [1.29, 1.82) is 0 Å². The van der Waals surface area contributed by atoms with Crippen molar-refractivity contribution in [2.24, 2.45) is 0 Å². The molecule has 0 aromatic carbocycles. The summed E-state index contributed by atoms with van der Waals surface area (Å²) in [6.45, 7) is 10.8. The summed E-state index contributed by atoms with van der Waals surface area (Å²) in [4.78, 5) is 21.7. The molecule has 0 unspecified atom stereocenters. The van der Waals surface area contributed by atoms with E-state index in [1.807, 2.05) is 27.7 Å². The van der Waals surface area contributed by atoms with Gasteiger partial charge in [0.05, 0.1) is 0 Å². The van der Waals surface area contributed by atoms with Crippen LogP contribution < -0.4 is 10.6 Å². The van der Waals surface area contributed by atoms with Gasteiger partial charge in [-0.05, 0) is 6.42 Å². The fraction of sp³-hybridized carbons (Fsp3) is 0.846. The molecule has 0 fully saturated rings. The van der Waals surface area contributed by atoms with E-state index in [0.29, 0.717) is 6.54 Å². The number of unbranched alkanes of at least 4 members (excludes halogenated alkanes) is 2. The van der Waals surface area contributed by atoms with Crippen LogP contribution in [0.5, 0.6) is 0 Å². The van der Waals surface area contributed by atoms with Crippen LogP contribution in [0.4, 0.5) is 0 Å². The van der Waals surface area contributed by atoms with Crippen molar-refractivity contribution in [3.05, 3.63) is 0 Å². The molecule has 0 heterocycles. The smallest absolute Gasteiger partial charge is 0.229 e. The lowest BCUT2D eigenvalue weighted by molar-refractivity contribution is -0.128. The Morgan fingerprint density at radius 3 is 1.88 bits per heavy atom. The predicted molar refractivity (Wildman–Crippen MR) is 73.9 cm³/mol. The van der Waals surface area contributed by atoms with Crippen LogP contribution in [-0.4, -0.2) is 25.4 Å². The first kappa shape index (κ1) is 21.2. The van der Waals surface area contributed by atoms with Gasteiger partial charge in [0.15, 0.2) is 0 Å². The minimum absolute atomic E-state index is 0.0668. The molecule has 0 bridgehead atoms. The maximum Gasteiger partial charge on any atom is 0.229 e. The molecule has 0 aliphatic rings. The Hall–Kier alpha value is -1.06. The first-order valence-electron chi connectivity index (χ1n) is 6.68. The summed E-state index contributed by atoms with van der Waals surface area (Å²) < 4.78 is 0. The third-order valence-corrected chi connectivity index (χ3v) is 1.70. The molecule has 0 saturated heterocycles. The van der Waals surface area contributed by atoms with E-state index >= 15 is 0 Å². The number of amides is 2. The van der Waals surface area contributed by atoms with Crippen molar-refractivity contribution >= 4 is 11.8 Å². The SMILES string of the molecule is CC.CC.CCCCCNC(=O)CC(=O)NC. The van der Waals surface area contributed by atoms with Crippen molar-refractivity contribution in [2.75, 3.05) is 13.6 Å². The molecule has 0 aromatic heterocycles. The number of nitrogens with one attached hydrogen (secondary N) is 2. The number of hydrogen-bond acceptors (Lipinski definition) is 2. The van der Waals surface area contributed by atoms with Crippen LogP contribution in [0.15, 0.2) is 0 Å².